The second-order valence-electron chi connectivity index (χ2n) is 4.00. The summed E-state index contributed by atoms with van der Waals surface area (Å²) in [5.41, 5.74) is 0.475. The highest BCUT2D eigenvalue weighted by atomic mass is 79.9. The zero-order valence-corrected chi connectivity index (χ0v) is 14.9. The molecule has 0 heterocycles. The van der Waals surface area contributed by atoms with Crippen LogP contribution in [0.25, 0.3) is 0 Å². The van der Waals surface area contributed by atoms with Gasteiger partial charge in [-0.3, -0.25) is 4.79 Å². The van der Waals surface area contributed by atoms with Gasteiger partial charge in [0, 0.05) is 15.0 Å². The van der Waals surface area contributed by atoms with Crippen molar-refractivity contribution in [3.8, 4) is 11.5 Å². The minimum Gasteiger partial charge on any atom is -0.455 e. The van der Waals surface area contributed by atoms with Gasteiger partial charge in [0.15, 0.2) is 5.78 Å². The number of rotatable bonds is 3. The molecule has 0 unspecified atom stereocenters. The Morgan fingerprint density at radius 1 is 1.05 bits per heavy atom. The highest BCUT2D eigenvalue weighted by Gasteiger charge is 2.13. The lowest BCUT2D eigenvalue weighted by molar-refractivity contribution is 0.101. The fourth-order valence-corrected chi connectivity index (χ4v) is 2.74. The van der Waals surface area contributed by atoms with E-state index < -0.39 is 0 Å². The summed E-state index contributed by atoms with van der Waals surface area (Å²) in [5, 5.41) is 0.875. The predicted octanol–water partition coefficient (Wildman–Crippen LogP) is 6.51. The van der Waals surface area contributed by atoms with Crippen molar-refractivity contribution in [2.75, 3.05) is 0 Å². The van der Waals surface area contributed by atoms with E-state index in [0.29, 0.717) is 31.6 Å². The summed E-state index contributed by atoms with van der Waals surface area (Å²) in [6.07, 6.45) is 0. The van der Waals surface area contributed by atoms with Crippen LogP contribution < -0.4 is 4.74 Å². The molecule has 0 amide bonds. The molecular weight excluding hydrogens is 431 g/mol. The molecule has 0 fully saturated rings. The van der Waals surface area contributed by atoms with E-state index in [0.717, 1.165) is 4.47 Å². The number of Topliss-reactive ketones (excluding diaryl/α,β-unsaturated/α-hetero) is 1. The monoisotopic (exact) mass is 436 g/mol. The summed E-state index contributed by atoms with van der Waals surface area (Å²) in [6, 6.07) is 8.42. The van der Waals surface area contributed by atoms with Crippen LogP contribution >= 0.6 is 55.1 Å². The number of halogens is 4. The number of ketones is 1. The molecule has 0 saturated heterocycles. The zero-order chi connectivity index (χ0) is 14.9. The van der Waals surface area contributed by atoms with Gasteiger partial charge in [-0.15, -0.1) is 0 Å². The van der Waals surface area contributed by atoms with Crippen molar-refractivity contribution in [3.05, 3.63) is 54.9 Å². The van der Waals surface area contributed by atoms with Gasteiger partial charge >= 0.3 is 0 Å². The van der Waals surface area contributed by atoms with Crippen molar-refractivity contribution in [2.45, 2.75) is 6.92 Å². The van der Waals surface area contributed by atoms with E-state index in [-0.39, 0.29) is 5.78 Å². The highest BCUT2D eigenvalue weighted by Crippen LogP contribution is 2.38. The first-order chi connectivity index (χ1) is 9.38. The van der Waals surface area contributed by atoms with E-state index in [1.165, 1.54) is 6.92 Å². The normalized spacial score (nSPS) is 10.4. The van der Waals surface area contributed by atoms with Gasteiger partial charge < -0.3 is 4.74 Å². The van der Waals surface area contributed by atoms with Gasteiger partial charge in [0.25, 0.3) is 0 Å². The van der Waals surface area contributed by atoms with Gasteiger partial charge in [-0.05, 0) is 47.1 Å². The average Bonchev–Trinajstić information content (AvgIpc) is 2.35. The van der Waals surface area contributed by atoms with Crippen LogP contribution in [0.5, 0.6) is 11.5 Å². The van der Waals surface area contributed by atoms with Crippen molar-refractivity contribution >= 4 is 60.8 Å². The Hall–Kier alpha value is -0.550. The second kappa shape index (κ2) is 6.48. The SMILES string of the molecule is CC(=O)c1ccc(Br)cc1Oc1cc(Cl)c(Br)cc1Cl. The van der Waals surface area contributed by atoms with Crippen LogP contribution in [0.15, 0.2) is 39.3 Å². The molecule has 0 N–H and O–H groups in total. The topological polar surface area (TPSA) is 26.3 Å². The molecule has 0 aliphatic carbocycles. The number of benzene rings is 2. The standard InChI is InChI=1S/C14H8Br2Cl2O2/c1-7(19)9-3-2-8(15)4-13(9)20-14-6-11(17)10(16)5-12(14)18/h2-6H,1H3. The van der Waals surface area contributed by atoms with E-state index in [4.69, 9.17) is 27.9 Å². The number of hydrogen-bond acceptors (Lipinski definition) is 2. The Morgan fingerprint density at radius 2 is 1.75 bits per heavy atom. The number of carbonyl (C=O) groups excluding carboxylic acids is 1. The third kappa shape index (κ3) is 3.55. The molecule has 2 nitrogen and oxygen atoms in total. The van der Waals surface area contributed by atoms with E-state index in [2.05, 4.69) is 31.9 Å². The van der Waals surface area contributed by atoms with Gasteiger partial charge in [0.05, 0.1) is 15.6 Å². The van der Waals surface area contributed by atoms with E-state index in [9.17, 15) is 4.79 Å². The van der Waals surface area contributed by atoms with Gasteiger partial charge in [-0.25, -0.2) is 0 Å². The molecule has 2 aromatic carbocycles. The summed E-state index contributed by atoms with van der Waals surface area (Å²) < 4.78 is 7.21. The molecule has 0 spiro atoms. The third-order valence-electron chi connectivity index (χ3n) is 2.52. The maximum absolute atomic E-state index is 11.6. The van der Waals surface area contributed by atoms with Crippen LogP contribution in [0.1, 0.15) is 17.3 Å². The molecule has 0 aliphatic rings. The molecule has 2 rings (SSSR count). The molecule has 0 atom stereocenters. The lowest BCUT2D eigenvalue weighted by Crippen LogP contribution is -1.97. The molecule has 0 bridgehead atoms. The van der Waals surface area contributed by atoms with Crippen molar-refractivity contribution in [1.29, 1.82) is 0 Å². The maximum atomic E-state index is 11.6. The summed E-state index contributed by atoms with van der Waals surface area (Å²) >= 11 is 18.8. The molecule has 20 heavy (non-hydrogen) atoms. The minimum atomic E-state index is -0.0909. The number of carbonyl (C=O) groups is 1. The molecule has 104 valence electrons. The van der Waals surface area contributed by atoms with Crippen LogP contribution in [-0.4, -0.2) is 5.78 Å². The van der Waals surface area contributed by atoms with E-state index in [1.807, 2.05) is 0 Å². The third-order valence-corrected chi connectivity index (χ3v) is 4.50. The molecule has 6 heteroatoms. The zero-order valence-electron chi connectivity index (χ0n) is 10.2. The second-order valence-corrected chi connectivity index (χ2v) is 6.58. The summed E-state index contributed by atoms with van der Waals surface area (Å²) in [4.78, 5) is 11.6. The minimum absolute atomic E-state index is 0.0909. The van der Waals surface area contributed by atoms with Crippen molar-refractivity contribution in [1.82, 2.24) is 0 Å². The Balaban J connectivity index is 2.47. The van der Waals surface area contributed by atoms with Crippen LogP contribution in [0.2, 0.25) is 10.0 Å². The van der Waals surface area contributed by atoms with E-state index in [1.54, 1.807) is 30.3 Å². The van der Waals surface area contributed by atoms with Crippen LogP contribution in [0.4, 0.5) is 0 Å². The van der Waals surface area contributed by atoms with Gasteiger partial charge in [0.1, 0.15) is 11.5 Å². The van der Waals surface area contributed by atoms with Crippen LogP contribution in [-0.2, 0) is 0 Å². The van der Waals surface area contributed by atoms with Crippen molar-refractivity contribution in [2.24, 2.45) is 0 Å². The molecule has 0 radical (unpaired) electrons. The van der Waals surface area contributed by atoms with Crippen LogP contribution in [0, 0.1) is 0 Å². The summed E-state index contributed by atoms with van der Waals surface area (Å²) in [5.74, 6) is 0.722. The Bertz CT molecular complexity index is 687. The number of ether oxygens (including phenoxy) is 1. The largest absolute Gasteiger partial charge is 0.455 e. The fourth-order valence-electron chi connectivity index (χ4n) is 1.57. The first-order valence-corrected chi connectivity index (χ1v) is 7.85. The Kier molecular flexibility index (Phi) is 5.13. The van der Waals surface area contributed by atoms with E-state index >= 15 is 0 Å². The molecule has 0 aromatic heterocycles. The maximum Gasteiger partial charge on any atom is 0.163 e. The fraction of sp³-hybridized carbons (Fsp3) is 0.0714. The van der Waals surface area contributed by atoms with Crippen molar-refractivity contribution < 1.29 is 9.53 Å². The Labute approximate surface area is 143 Å². The smallest absolute Gasteiger partial charge is 0.163 e. The molecule has 2 aromatic rings. The quantitative estimate of drug-likeness (QED) is 0.403. The molecular formula is C14H8Br2Cl2O2. The predicted molar refractivity (Wildman–Crippen MR) is 88.4 cm³/mol. The van der Waals surface area contributed by atoms with Crippen LogP contribution in [0.3, 0.4) is 0 Å². The Morgan fingerprint density at radius 3 is 2.40 bits per heavy atom. The van der Waals surface area contributed by atoms with Crippen molar-refractivity contribution in [3.63, 3.8) is 0 Å². The highest BCUT2D eigenvalue weighted by molar-refractivity contribution is 9.10. The van der Waals surface area contributed by atoms with Gasteiger partial charge in [-0.2, -0.15) is 0 Å². The lowest BCUT2D eigenvalue weighted by atomic mass is 10.1. The average molecular weight is 439 g/mol. The molecule has 0 saturated carbocycles. The number of hydrogen-bond donors (Lipinski definition) is 0. The summed E-state index contributed by atoms with van der Waals surface area (Å²) in [7, 11) is 0. The van der Waals surface area contributed by atoms with Gasteiger partial charge in [-0.1, -0.05) is 39.1 Å². The first-order valence-electron chi connectivity index (χ1n) is 5.51. The lowest BCUT2D eigenvalue weighted by Gasteiger charge is -2.12. The first kappa shape index (κ1) is 15.8. The molecule has 0 aliphatic heterocycles. The van der Waals surface area contributed by atoms with Gasteiger partial charge in [0.2, 0.25) is 0 Å². The summed E-state index contributed by atoms with van der Waals surface area (Å²) in [6.45, 7) is 1.48.